The highest BCUT2D eigenvalue weighted by Gasteiger charge is 2.44. The molecule has 8 rings (SSSR count). The molecular weight excluding hydrogens is 790 g/mol. The van der Waals surface area contributed by atoms with Crippen molar-refractivity contribution in [2.75, 3.05) is 83.8 Å². The van der Waals surface area contributed by atoms with Crippen molar-refractivity contribution in [3.63, 3.8) is 0 Å². The molecule has 3 aromatic rings. The van der Waals surface area contributed by atoms with Crippen LogP contribution in [0.1, 0.15) is 70.9 Å². The molecule has 318 valence electrons. The van der Waals surface area contributed by atoms with Crippen molar-refractivity contribution in [2.24, 2.45) is 29.2 Å². The molecule has 2 fully saturated rings. The van der Waals surface area contributed by atoms with Crippen molar-refractivity contribution < 1.29 is 28.0 Å². The van der Waals surface area contributed by atoms with Crippen LogP contribution in [-0.4, -0.2) is 121 Å². The molecule has 0 radical (unpaired) electrons. The van der Waals surface area contributed by atoms with E-state index in [-0.39, 0.29) is 40.2 Å². The lowest BCUT2D eigenvalue weighted by Gasteiger charge is -2.46. The molecule has 1 N–H and O–H groups in total. The van der Waals surface area contributed by atoms with E-state index in [0.717, 1.165) is 82.1 Å². The molecule has 1 spiro atoms. The van der Waals surface area contributed by atoms with Crippen molar-refractivity contribution in [2.45, 2.75) is 57.0 Å². The molecule has 13 nitrogen and oxygen atoms in total. The zero-order valence-corrected chi connectivity index (χ0v) is 36.3. The number of aryl methyl sites for hydroxylation is 2. The van der Waals surface area contributed by atoms with E-state index < -0.39 is 21.7 Å². The first-order valence-corrected chi connectivity index (χ1v) is 23.2. The number of hydrogen-bond donors (Lipinski definition) is 1. The molecule has 1 saturated heterocycles. The fourth-order valence-electron chi connectivity index (χ4n) is 9.66. The van der Waals surface area contributed by atoms with Crippen molar-refractivity contribution >= 4 is 39.0 Å². The Morgan fingerprint density at radius 1 is 1.12 bits per heavy atom. The second-order valence-corrected chi connectivity index (χ2v) is 19.8. The summed E-state index contributed by atoms with van der Waals surface area (Å²) in [5.74, 6) is -0.130. The summed E-state index contributed by atoms with van der Waals surface area (Å²) in [6, 6.07) is 11.6. The van der Waals surface area contributed by atoms with Crippen molar-refractivity contribution in [1.29, 1.82) is 0 Å². The van der Waals surface area contributed by atoms with Crippen LogP contribution in [0.25, 0.3) is 0 Å². The molecule has 2 aromatic carbocycles. The number of rotatable bonds is 7. The Kier molecular flexibility index (Phi) is 12.4. The largest absolute Gasteiger partial charge is 0.490 e. The van der Waals surface area contributed by atoms with Crippen LogP contribution in [0.4, 0.5) is 5.69 Å². The van der Waals surface area contributed by atoms with Gasteiger partial charge in [-0.05, 0) is 105 Å². The maximum absolute atomic E-state index is 14.8. The number of methoxy groups -OCH3 is 1. The van der Waals surface area contributed by atoms with E-state index >= 15 is 0 Å². The van der Waals surface area contributed by atoms with Gasteiger partial charge in [0.15, 0.2) is 0 Å². The monoisotopic (exact) mass is 847 g/mol. The Labute approximate surface area is 353 Å². The van der Waals surface area contributed by atoms with Crippen LogP contribution in [0.15, 0.2) is 59.1 Å². The third-order valence-electron chi connectivity index (χ3n) is 13.0. The zero-order chi connectivity index (χ0) is 41.3. The number of carbonyl (C=O) groups is 2. The third-order valence-corrected chi connectivity index (χ3v) is 15.3. The second kappa shape index (κ2) is 17.6. The van der Waals surface area contributed by atoms with Crippen LogP contribution in [-0.2, 0) is 33.5 Å². The predicted octanol–water partition coefficient (Wildman–Crippen LogP) is 5.76. The molecule has 5 aliphatic rings. The molecule has 2 bridgehead atoms. The topological polar surface area (TPSA) is 131 Å². The summed E-state index contributed by atoms with van der Waals surface area (Å²) in [7, 11) is 1.63. The highest BCUT2D eigenvalue weighted by atomic mass is 35.5. The summed E-state index contributed by atoms with van der Waals surface area (Å²) < 4.78 is 42.1. The number of hydrogen-bond acceptors (Lipinski definition) is 10. The number of halogens is 1. The van der Waals surface area contributed by atoms with E-state index in [9.17, 15) is 13.8 Å². The van der Waals surface area contributed by atoms with Gasteiger partial charge < -0.3 is 24.0 Å². The lowest BCUT2D eigenvalue weighted by atomic mass is 9.68. The average Bonchev–Trinajstić information content (AvgIpc) is 3.51. The number of aromatic nitrogens is 2. The summed E-state index contributed by atoms with van der Waals surface area (Å²) in [5.41, 5.74) is 3.44. The van der Waals surface area contributed by atoms with E-state index in [4.69, 9.17) is 25.8 Å². The zero-order valence-electron chi connectivity index (χ0n) is 34.7. The van der Waals surface area contributed by atoms with Gasteiger partial charge in [-0.25, -0.2) is 4.21 Å². The molecule has 2 amide bonds. The number of nitrogens with zero attached hydrogens (tertiary/aromatic N) is 6. The molecule has 59 heavy (non-hydrogen) atoms. The first-order valence-electron chi connectivity index (χ1n) is 21.1. The van der Waals surface area contributed by atoms with Gasteiger partial charge in [0, 0.05) is 75.1 Å². The van der Waals surface area contributed by atoms with Gasteiger partial charge in [-0.1, -0.05) is 36.7 Å². The lowest BCUT2D eigenvalue weighted by Crippen LogP contribution is -2.50. The van der Waals surface area contributed by atoms with Crippen LogP contribution in [0.3, 0.4) is 0 Å². The number of benzene rings is 2. The number of anilines is 1. The number of nitrogens with one attached hydrogen (secondary N) is 1. The number of likely N-dealkylation sites (N-methyl/N-ethyl adjacent to an activating group) is 1. The molecular formula is C44H58ClN7O6S. The quantitative estimate of drug-likeness (QED) is 0.293. The minimum atomic E-state index is -3.63. The third kappa shape index (κ3) is 9.22. The van der Waals surface area contributed by atoms with Gasteiger partial charge in [0.1, 0.15) is 21.2 Å². The summed E-state index contributed by atoms with van der Waals surface area (Å²) in [4.78, 5) is 35.1. The molecule has 2 aliphatic carbocycles. The maximum atomic E-state index is 14.8. The van der Waals surface area contributed by atoms with Gasteiger partial charge in [0.2, 0.25) is 5.88 Å². The highest BCUT2D eigenvalue weighted by molar-refractivity contribution is 7.92. The van der Waals surface area contributed by atoms with Crippen LogP contribution in [0.2, 0.25) is 5.02 Å². The highest BCUT2D eigenvalue weighted by Crippen LogP contribution is 2.47. The molecule has 3 aliphatic heterocycles. The molecule has 1 saturated carbocycles. The number of piperazine rings is 1. The summed E-state index contributed by atoms with van der Waals surface area (Å²) in [6.07, 6.45) is 11.4. The maximum Gasteiger partial charge on any atom is 0.286 e. The van der Waals surface area contributed by atoms with E-state index in [0.29, 0.717) is 43.8 Å². The van der Waals surface area contributed by atoms with Crippen molar-refractivity contribution in [3.8, 4) is 11.6 Å². The number of amides is 2. The Morgan fingerprint density at radius 3 is 2.73 bits per heavy atom. The standard InChI is InChI=1S/C44H58ClN7O6S/c1-30-7-5-9-39(57-22-21-51-19-17-49(2)18-20-51)35-13-10-33(35)25-52-28-44(16-6-8-31-23-34(45)12-14-37(31)44)29-58-40-15-11-32(24-38(40)52)41(53)47-59(55,27-30)48-42(54)36-26-50(3)46-43(36)56-4/h5,9,11-12,14-15,23-24,26,30,33,35,39H,6-8,10,13,16-22,25,27-29H2,1-4H3,(H,47,48,53,54,55)/b9-5-/t30-,33-,35+,39-,44-,59?/m0/s1. The first-order chi connectivity index (χ1) is 28.4. The van der Waals surface area contributed by atoms with Gasteiger partial charge in [0.05, 0.1) is 37.9 Å². The normalized spacial score (nSPS) is 29.6. The lowest BCUT2D eigenvalue weighted by molar-refractivity contribution is -0.0235. The van der Waals surface area contributed by atoms with Crippen LogP contribution in [0.5, 0.6) is 11.6 Å². The van der Waals surface area contributed by atoms with Gasteiger partial charge in [-0.3, -0.25) is 23.9 Å². The van der Waals surface area contributed by atoms with Gasteiger partial charge in [-0.2, -0.15) is 0 Å². The first kappa shape index (κ1) is 41.8. The van der Waals surface area contributed by atoms with Crippen LogP contribution in [0, 0.1) is 17.8 Å². The minimum absolute atomic E-state index is 0.0372. The van der Waals surface area contributed by atoms with Crippen molar-refractivity contribution in [1.82, 2.24) is 24.3 Å². The minimum Gasteiger partial charge on any atom is -0.490 e. The summed E-state index contributed by atoms with van der Waals surface area (Å²) in [6.45, 7) is 9.65. The van der Waals surface area contributed by atoms with E-state index in [1.807, 2.05) is 25.1 Å². The molecule has 15 heteroatoms. The molecule has 6 atom stereocenters. The van der Waals surface area contributed by atoms with E-state index in [1.165, 1.54) is 29.1 Å². The Balaban J connectivity index is 1.16. The number of fused-ring (bicyclic) bond motifs is 4. The summed E-state index contributed by atoms with van der Waals surface area (Å²) >= 11 is 6.52. The summed E-state index contributed by atoms with van der Waals surface area (Å²) in [5, 5.41) is 4.92. The van der Waals surface area contributed by atoms with E-state index in [1.54, 1.807) is 13.1 Å². The molecule has 1 aromatic heterocycles. The van der Waals surface area contributed by atoms with Crippen molar-refractivity contribution in [3.05, 3.63) is 82.0 Å². The average molecular weight is 849 g/mol. The second-order valence-electron chi connectivity index (χ2n) is 17.4. The van der Waals surface area contributed by atoms with Gasteiger partial charge >= 0.3 is 0 Å². The fourth-order valence-corrected chi connectivity index (χ4v) is 11.7. The Morgan fingerprint density at radius 2 is 1.95 bits per heavy atom. The predicted molar refractivity (Wildman–Crippen MR) is 230 cm³/mol. The molecule has 4 heterocycles. The SMILES string of the molecule is COc1nn(C)cc1C(=O)NS1(=O)=NC(=O)c2ccc3c(c2)N(C[C@@H]2CC[C@H]2[C@@H](OCCN2CCN(C)CC2)/C=C\C[C@H](C)C1)C[C@@]1(CCCc2cc(Cl)ccc21)CO3. The number of ether oxygens (including phenoxy) is 3. The van der Waals surface area contributed by atoms with Crippen LogP contribution >= 0.6 is 11.6 Å². The fraction of sp³-hybridized carbons (Fsp3) is 0.568. The number of carbonyl (C=O) groups excluding carboxylic acids is 2. The molecule has 1 unspecified atom stereocenters. The Hall–Kier alpha value is -3.95. The number of allylic oxidation sites excluding steroid dienone is 1. The van der Waals surface area contributed by atoms with Crippen LogP contribution < -0.4 is 19.1 Å². The smallest absolute Gasteiger partial charge is 0.286 e. The van der Waals surface area contributed by atoms with Gasteiger partial charge in [0.25, 0.3) is 11.8 Å². The van der Waals surface area contributed by atoms with E-state index in [2.05, 4.69) is 60.2 Å². The Bertz CT molecular complexity index is 2200. The van der Waals surface area contributed by atoms with Gasteiger partial charge in [-0.15, -0.1) is 9.46 Å².